The van der Waals surface area contributed by atoms with E-state index in [0.29, 0.717) is 0 Å². The van der Waals surface area contributed by atoms with Gasteiger partial charge < -0.3 is 0 Å². The Morgan fingerprint density at radius 1 is 0.722 bits per heavy atom. The van der Waals surface area contributed by atoms with Gasteiger partial charge in [0.2, 0.25) is 0 Å². The van der Waals surface area contributed by atoms with Gasteiger partial charge in [0.1, 0.15) is 0 Å². The summed E-state index contributed by atoms with van der Waals surface area (Å²) in [7, 11) is 0. The molecule has 0 radical (unpaired) electrons. The summed E-state index contributed by atoms with van der Waals surface area (Å²) in [5.41, 5.74) is 3.54. The van der Waals surface area contributed by atoms with E-state index in [9.17, 15) is 0 Å². The Labute approximate surface area is 112 Å². The van der Waals surface area contributed by atoms with Gasteiger partial charge in [-0.3, -0.25) is 0 Å². The molecule has 0 aliphatic heterocycles. The number of fused-ring (bicyclic) bond motifs is 1. The molecule has 0 saturated heterocycles. The van der Waals surface area contributed by atoms with Gasteiger partial charge in [0.25, 0.3) is 0 Å². The molecule has 0 atom stereocenters. The number of hydrogen-bond acceptors (Lipinski definition) is 1. The van der Waals surface area contributed by atoms with E-state index in [1.165, 1.54) is 21.9 Å². The first kappa shape index (κ1) is 11.1. The molecule has 18 heavy (non-hydrogen) atoms. The maximum absolute atomic E-state index is 5.21. The molecule has 0 N–H and O–H groups in total. The molecule has 0 bridgehead atoms. The minimum absolute atomic E-state index is 1.13. The zero-order chi connectivity index (χ0) is 12.4. The van der Waals surface area contributed by atoms with Gasteiger partial charge in [0, 0.05) is 10.9 Å². The van der Waals surface area contributed by atoms with Gasteiger partial charge >= 0.3 is 0 Å². The third-order valence-corrected chi connectivity index (χ3v) is 3.41. The van der Waals surface area contributed by atoms with Crippen molar-refractivity contribution in [3.63, 3.8) is 0 Å². The monoisotopic (exact) mass is 248 g/mol. The predicted molar refractivity (Wildman–Crippen MR) is 82.1 cm³/mol. The summed E-state index contributed by atoms with van der Waals surface area (Å²) in [5, 5.41) is 4.23. The van der Waals surface area contributed by atoms with E-state index in [1.807, 2.05) is 6.07 Å². The summed E-state index contributed by atoms with van der Waals surface area (Å²) >= 11 is 5.21. The van der Waals surface area contributed by atoms with Crippen LogP contribution in [0.1, 0.15) is 5.56 Å². The Morgan fingerprint density at radius 3 is 2.22 bits per heavy atom. The first-order valence-electron chi connectivity index (χ1n) is 5.92. The van der Waals surface area contributed by atoms with Gasteiger partial charge in [-0.2, -0.15) is 0 Å². The lowest BCUT2D eigenvalue weighted by molar-refractivity contribution is 1.63. The minimum atomic E-state index is 1.13. The van der Waals surface area contributed by atoms with Crippen molar-refractivity contribution in [3.8, 4) is 11.1 Å². The molecule has 3 aromatic rings. The third-order valence-electron chi connectivity index (χ3n) is 3.17. The number of thiocarbonyl (C=S) groups is 1. The molecule has 0 aliphatic rings. The molecular formula is C17H12S. The van der Waals surface area contributed by atoms with Gasteiger partial charge in [-0.25, -0.2) is 0 Å². The SMILES string of the molecule is S=Cc1c(-c2ccccc2)ccc2ccccc12. The summed E-state index contributed by atoms with van der Waals surface area (Å²) in [6.07, 6.45) is 0. The zero-order valence-electron chi connectivity index (χ0n) is 9.84. The number of hydrogen-bond donors (Lipinski definition) is 0. The van der Waals surface area contributed by atoms with Crippen LogP contribution in [0.25, 0.3) is 21.9 Å². The third kappa shape index (κ3) is 1.83. The Hall–Kier alpha value is -1.99. The Bertz CT molecular complexity index is 699. The van der Waals surface area contributed by atoms with Crippen LogP contribution in [0.3, 0.4) is 0 Å². The van der Waals surface area contributed by atoms with Crippen molar-refractivity contribution in [1.29, 1.82) is 0 Å². The number of benzene rings is 3. The standard InChI is InChI=1S/C17H12S/c18-12-17-15-9-5-4-8-14(15)10-11-16(17)13-6-2-1-3-7-13/h1-12H. The van der Waals surface area contributed by atoms with E-state index in [1.54, 1.807) is 5.37 Å². The van der Waals surface area contributed by atoms with Crippen LogP contribution in [0.2, 0.25) is 0 Å². The molecule has 0 aromatic heterocycles. The first-order chi connectivity index (χ1) is 8.90. The maximum atomic E-state index is 5.21. The van der Waals surface area contributed by atoms with Crippen molar-refractivity contribution in [1.82, 2.24) is 0 Å². The van der Waals surface area contributed by atoms with E-state index < -0.39 is 0 Å². The van der Waals surface area contributed by atoms with Crippen molar-refractivity contribution < 1.29 is 0 Å². The fourth-order valence-corrected chi connectivity index (χ4v) is 2.55. The summed E-state index contributed by atoms with van der Waals surface area (Å²) in [5.74, 6) is 0. The predicted octanol–water partition coefficient (Wildman–Crippen LogP) is 4.85. The molecule has 0 saturated carbocycles. The van der Waals surface area contributed by atoms with Crippen LogP contribution in [0.15, 0.2) is 66.7 Å². The molecule has 3 aromatic carbocycles. The lowest BCUT2D eigenvalue weighted by atomic mass is 9.95. The van der Waals surface area contributed by atoms with E-state index >= 15 is 0 Å². The molecule has 3 rings (SSSR count). The molecule has 0 spiro atoms. The van der Waals surface area contributed by atoms with Gasteiger partial charge in [-0.1, -0.05) is 78.9 Å². The Kier molecular flexibility index (Phi) is 2.91. The summed E-state index contributed by atoms with van der Waals surface area (Å²) < 4.78 is 0. The lowest BCUT2D eigenvalue weighted by Crippen LogP contribution is -1.89. The highest BCUT2D eigenvalue weighted by Gasteiger charge is 2.06. The highest BCUT2D eigenvalue weighted by molar-refractivity contribution is 7.79. The molecule has 86 valence electrons. The van der Waals surface area contributed by atoms with Crippen LogP contribution in [-0.2, 0) is 0 Å². The second kappa shape index (κ2) is 4.71. The zero-order valence-corrected chi connectivity index (χ0v) is 10.7. The molecule has 1 heteroatoms. The second-order valence-electron chi connectivity index (χ2n) is 4.23. The highest BCUT2D eigenvalue weighted by atomic mass is 32.1. The molecule has 0 nitrogen and oxygen atoms in total. The fourth-order valence-electron chi connectivity index (χ4n) is 2.29. The van der Waals surface area contributed by atoms with Crippen LogP contribution in [0.5, 0.6) is 0 Å². The Morgan fingerprint density at radius 2 is 1.44 bits per heavy atom. The normalized spacial score (nSPS) is 10.4. The second-order valence-corrected chi connectivity index (χ2v) is 4.47. The van der Waals surface area contributed by atoms with Crippen LogP contribution >= 0.6 is 12.2 Å². The van der Waals surface area contributed by atoms with Crippen molar-refractivity contribution in [2.45, 2.75) is 0 Å². The van der Waals surface area contributed by atoms with Crippen LogP contribution in [-0.4, -0.2) is 5.37 Å². The van der Waals surface area contributed by atoms with Crippen molar-refractivity contribution in [2.75, 3.05) is 0 Å². The quantitative estimate of drug-likeness (QED) is 0.584. The molecule has 0 aliphatic carbocycles. The topological polar surface area (TPSA) is 0 Å². The lowest BCUT2D eigenvalue weighted by Gasteiger charge is -2.09. The van der Waals surface area contributed by atoms with Crippen LogP contribution < -0.4 is 0 Å². The molecule has 0 heterocycles. The Balaban J connectivity index is 2.34. The van der Waals surface area contributed by atoms with E-state index in [-0.39, 0.29) is 0 Å². The highest BCUT2D eigenvalue weighted by Crippen LogP contribution is 2.29. The van der Waals surface area contributed by atoms with E-state index in [4.69, 9.17) is 12.2 Å². The smallest absolute Gasteiger partial charge is 0.00986 e. The van der Waals surface area contributed by atoms with Gasteiger partial charge in [0.05, 0.1) is 0 Å². The average Bonchev–Trinajstić information content (AvgIpc) is 2.47. The minimum Gasteiger partial charge on any atom is -0.0880 e. The average molecular weight is 248 g/mol. The van der Waals surface area contributed by atoms with Gasteiger partial charge in [-0.05, 0) is 21.9 Å². The van der Waals surface area contributed by atoms with Crippen LogP contribution in [0.4, 0.5) is 0 Å². The van der Waals surface area contributed by atoms with Gasteiger partial charge in [-0.15, -0.1) is 0 Å². The van der Waals surface area contributed by atoms with E-state index in [0.717, 1.165) is 5.56 Å². The van der Waals surface area contributed by atoms with Crippen molar-refractivity contribution in [2.24, 2.45) is 0 Å². The van der Waals surface area contributed by atoms with Crippen molar-refractivity contribution in [3.05, 3.63) is 72.3 Å². The molecular weight excluding hydrogens is 236 g/mol. The van der Waals surface area contributed by atoms with Gasteiger partial charge in [0.15, 0.2) is 0 Å². The summed E-state index contributed by atoms with van der Waals surface area (Å²) in [4.78, 5) is 0. The molecule has 0 unspecified atom stereocenters. The maximum Gasteiger partial charge on any atom is 0.00986 e. The molecule has 0 fully saturated rings. The number of rotatable bonds is 2. The molecule has 0 amide bonds. The summed E-state index contributed by atoms with van der Waals surface area (Å²) in [6.45, 7) is 0. The van der Waals surface area contributed by atoms with Crippen molar-refractivity contribution >= 4 is 28.4 Å². The fraction of sp³-hybridized carbons (Fsp3) is 0. The van der Waals surface area contributed by atoms with E-state index in [2.05, 4.69) is 60.7 Å². The largest absolute Gasteiger partial charge is 0.0880 e. The first-order valence-corrected chi connectivity index (χ1v) is 6.39. The summed E-state index contributed by atoms with van der Waals surface area (Å²) in [6, 6.07) is 23.0. The van der Waals surface area contributed by atoms with Crippen LogP contribution in [0, 0.1) is 0 Å².